The van der Waals surface area contributed by atoms with Gasteiger partial charge in [-0.25, -0.2) is 4.99 Å². The van der Waals surface area contributed by atoms with E-state index in [1.807, 2.05) is 0 Å². The first-order chi connectivity index (χ1) is 7.40. The number of fused-ring (bicyclic) bond motifs is 2. The molecule has 0 N–H and O–H groups in total. The first-order valence-corrected chi connectivity index (χ1v) is 5.78. The number of rotatable bonds is 1. The van der Waals surface area contributed by atoms with Crippen molar-refractivity contribution in [2.75, 3.05) is 0 Å². The summed E-state index contributed by atoms with van der Waals surface area (Å²) >= 11 is 0. The summed E-state index contributed by atoms with van der Waals surface area (Å²) in [6.07, 6.45) is 6.01. The highest BCUT2D eigenvalue weighted by Crippen LogP contribution is 2.33. The van der Waals surface area contributed by atoms with Crippen molar-refractivity contribution in [3.63, 3.8) is 0 Å². The van der Waals surface area contributed by atoms with Gasteiger partial charge in [0.05, 0.1) is 11.1 Å². The zero-order valence-electron chi connectivity index (χ0n) is 9.03. The third-order valence-electron chi connectivity index (χ3n) is 3.46. The van der Waals surface area contributed by atoms with E-state index >= 15 is 0 Å². The topological polar surface area (TPSA) is 12.4 Å². The Balaban J connectivity index is 2.34. The summed E-state index contributed by atoms with van der Waals surface area (Å²) in [5, 5.41) is 2.54. The maximum absolute atomic E-state index is 4.70. The van der Waals surface area contributed by atoms with Gasteiger partial charge in [0.15, 0.2) is 0 Å². The van der Waals surface area contributed by atoms with Crippen molar-refractivity contribution >= 4 is 5.57 Å². The molecule has 15 heavy (non-hydrogen) atoms. The molecule has 0 radical (unpaired) electrons. The first-order valence-electron chi connectivity index (χ1n) is 5.78. The van der Waals surface area contributed by atoms with Crippen LogP contribution in [-0.2, 0) is 0 Å². The largest absolute Gasteiger partial charge is 0.248 e. The molecule has 1 aromatic rings. The Labute approximate surface area is 89.9 Å². The van der Waals surface area contributed by atoms with Gasteiger partial charge in [0.1, 0.15) is 0 Å². The Hall–Kier alpha value is -1.37. The minimum atomic E-state index is 0.720. The fourth-order valence-electron chi connectivity index (χ4n) is 2.69. The molecule has 0 saturated heterocycles. The highest BCUT2D eigenvalue weighted by Gasteiger charge is 2.23. The molecule has 0 fully saturated rings. The van der Waals surface area contributed by atoms with Crippen LogP contribution < -0.4 is 10.6 Å². The van der Waals surface area contributed by atoms with Crippen molar-refractivity contribution in [1.29, 1.82) is 0 Å². The van der Waals surface area contributed by atoms with Gasteiger partial charge in [-0.2, -0.15) is 0 Å². The molecule has 76 valence electrons. The molecular weight excluding hydrogens is 182 g/mol. The molecular formula is C14H15N. The van der Waals surface area contributed by atoms with Gasteiger partial charge in [-0.1, -0.05) is 31.2 Å². The minimum absolute atomic E-state index is 0.720. The van der Waals surface area contributed by atoms with Gasteiger partial charge < -0.3 is 0 Å². The molecule has 0 saturated carbocycles. The molecule has 1 atom stereocenters. The lowest BCUT2D eigenvalue weighted by Gasteiger charge is -2.21. The van der Waals surface area contributed by atoms with Crippen molar-refractivity contribution in [2.45, 2.75) is 26.2 Å². The van der Waals surface area contributed by atoms with Crippen LogP contribution in [0.2, 0.25) is 0 Å². The summed E-state index contributed by atoms with van der Waals surface area (Å²) in [7, 11) is 0. The number of hydrogen-bond acceptors (Lipinski definition) is 1. The molecule has 1 nitrogen and oxygen atoms in total. The van der Waals surface area contributed by atoms with Gasteiger partial charge in [-0.3, -0.25) is 0 Å². The predicted molar refractivity (Wildman–Crippen MR) is 61.7 cm³/mol. The normalized spacial score (nSPS) is 22.9. The van der Waals surface area contributed by atoms with Crippen molar-refractivity contribution in [3.8, 4) is 0 Å². The fraction of sp³-hybridized carbons (Fsp3) is 0.357. The number of benzene rings is 1. The van der Waals surface area contributed by atoms with Crippen LogP contribution in [-0.4, -0.2) is 0 Å². The van der Waals surface area contributed by atoms with E-state index in [4.69, 9.17) is 4.99 Å². The summed E-state index contributed by atoms with van der Waals surface area (Å²) in [5.74, 6) is 0.720. The van der Waals surface area contributed by atoms with Gasteiger partial charge in [-0.05, 0) is 36.8 Å². The highest BCUT2D eigenvalue weighted by molar-refractivity contribution is 5.68. The summed E-state index contributed by atoms with van der Waals surface area (Å²) in [4.78, 5) is 4.70. The zero-order chi connectivity index (χ0) is 10.3. The monoisotopic (exact) mass is 197 g/mol. The fourth-order valence-corrected chi connectivity index (χ4v) is 2.69. The highest BCUT2D eigenvalue weighted by atomic mass is 14.8. The quantitative estimate of drug-likeness (QED) is 0.654. The van der Waals surface area contributed by atoms with E-state index in [0.717, 1.165) is 5.92 Å². The van der Waals surface area contributed by atoms with Gasteiger partial charge >= 0.3 is 0 Å². The van der Waals surface area contributed by atoms with Gasteiger partial charge in [0.2, 0.25) is 0 Å². The first kappa shape index (κ1) is 8.90. The molecule has 0 aromatic heterocycles. The van der Waals surface area contributed by atoms with Crippen molar-refractivity contribution in [3.05, 3.63) is 46.6 Å². The van der Waals surface area contributed by atoms with E-state index in [9.17, 15) is 0 Å². The standard InChI is InChI=1S/C14H15N/c1-2-10-6-5-9-13-14(10)11-7-3-4-8-12(11)15-13/h3-4,7-10H,2,5-6H2,1H3. The third kappa shape index (κ3) is 1.26. The molecule has 1 heteroatoms. The average Bonchev–Trinajstić information content (AvgIpc) is 2.67. The van der Waals surface area contributed by atoms with Gasteiger partial charge in [0, 0.05) is 5.22 Å². The lowest BCUT2D eigenvalue weighted by atomic mass is 9.85. The van der Waals surface area contributed by atoms with Crippen LogP contribution in [0.4, 0.5) is 0 Å². The van der Waals surface area contributed by atoms with Crippen LogP contribution in [0.1, 0.15) is 26.2 Å². The summed E-state index contributed by atoms with van der Waals surface area (Å²) in [6, 6.07) is 8.52. The Bertz CT molecular complexity index is 537. The van der Waals surface area contributed by atoms with E-state index in [1.54, 1.807) is 0 Å². The Morgan fingerprint density at radius 1 is 1.33 bits per heavy atom. The van der Waals surface area contributed by atoms with E-state index in [2.05, 4.69) is 37.3 Å². The van der Waals surface area contributed by atoms with Crippen LogP contribution in [0.3, 0.4) is 0 Å². The number of para-hydroxylation sites is 1. The van der Waals surface area contributed by atoms with E-state index in [1.165, 1.54) is 41.1 Å². The lowest BCUT2D eigenvalue weighted by molar-refractivity contribution is 0.579. The second-order valence-corrected chi connectivity index (χ2v) is 4.31. The molecule has 1 aliphatic carbocycles. The molecule has 1 unspecified atom stereocenters. The molecule has 1 aromatic carbocycles. The summed E-state index contributed by atoms with van der Waals surface area (Å²) < 4.78 is 0. The van der Waals surface area contributed by atoms with E-state index in [-0.39, 0.29) is 0 Å². The average molecular weight is 197 g/mol. The molecule has 3 rings (SSSR count). The van der Waals surface area contributed by atoms with Gasteiger partial charge in [-0.15, -0.1) is 0 Å². The maximum atomic E-state index is 4.70. The third-order valence-corrected chi connectivity index (χ3v) is 3.46. The van der Waals surface area contributed by atoms with Crippen LogP contribution >= 0.6 is 0 Å². The molecule has 1 heterocycles. The second kappa shape index (κ2) is 3.34. The van der Waals surface area contributed by atoms with Crippen LogP contribution in [0.25, 0.3) is 5.57 Å². The van der Waals surface area contributed by atoms with Crippen LogP contribution in [0.5, 0.6) is 0 Å². The number of allylic oxidation sites excluding steroid dienone is 2. The summed E-state index contributed by atoms with van der Waals surface area (Å²) in [6.45, 7) is 2.28. The molecule has 0 spiro atoms. The number of nitrogens with zero attached hydrogens (tertiary/aromatic N) is 1. The lowest BCUT2D eigenvalue weighted by Crippen LogP contribution is -2.24. The SMILES string of the molecule is CCC1CCC=C2N=c3ccccc3=C21. The van der Waals surface area contributed by atoms with Crippen molar-refractivity contribution < 1.29 is 0 Å². The molecule has 0 bridgehead atoms. The molecule has 0 amide bonds. The molecule has 1 aliphatic heterocycles. The summed E-state index contributed by atoms with van der Waals surface area (Å²) in [5.41, 5.74) is 2.74. The Kier molecular flexibility index (Phi) is 1.98. The predicted octanol–water partition coefficient (Wildman–Crippen LogP) is 2.17. The second-order valence-electron chi connectivity index (χ2n) is 4.31. The van der Waals surface area contributed by atoms with E-state index < -0.39 is 0 Å². The zero-order valence-corrected chi connectivity index (χ0v) is 9.03. The maximum Gasteiger partial charge on any atom is 0.0712 e. The Morgan fingerprint density at radius 3 is 3.07 bits per heavy atom. The van der Waals surface area contributed by atoms with Crippen LogP contribution in [0.15, 0.2) is 41.0 Å². The van der Waals surface area contributed by atoms with E-state index in [0.29, 0.717) is 0 Å². The minimum Gasteiger partial charge on any atom is -0.248 e. The van der Waals surface area contributed by atoms with Crippen molar-refractivity contribution in [1.82, 2.24) is 0 Å². The number of hydrogen-bond donors (Lipinski definition) is 0. The smallest absolute Gasteiger partial charge is 0.0712 e. The van der Waals surface area contributed by atoms with Crippen LogP contribution in [0, 0.1) is 5.92 Å². The molecule has 2 aliphatic rings. The van der Waals surface area contributed by atoms with Gasteiger partial charge in [0.25, 0.3) is 0 Å². The Morgan fingerprint density at radius 2 is 2.20 bits per heavy atom. The van der Waals surface area contributed by atoms with Crippen molar-refractivity contribution in [2.24, 2.45) is 10.9 Å².